The van der Waals surface area contributed by atoms with Gasteiger partial charge in [0.25, 0.3) is 0 Å². The van der Waals surface area contributed by atoms with Crippen molar-refractivity contribution in [1.29, 1.82) is 0 Å². The first kappa shape index (κ1) is 22.9. The lowest BCUT2D eigenvalue weighted by Gasteiger charge is -2.18. The quantitative estimate of drug-likeness (QED) is 0.623. The van der Waals surface area contributed by atoms with Crippen molar-refractivity contribution < 1.29 is 21.6 Å². The lowest BCUT2D eigenvalue weighted by atomic mass is 10.1. The van der Waals surface area contributed by atoms with Crippen molar-refractivity contribution in [3.05, 3.63) is 54.1 Å². The number of carbonyl (C=O) groups excluding carboxylic acids is 1. The molecule has 0 saturated carbocycles. The van der Waals surface area contributed by atoms with Crippen LogP contribution in [0.2, 0.25) is 0 Å². The van der Waals surface area contributed by atoms with Crippen molar-refractivity contribution in [2.75, 3.05) is 29.4 Å². The number of anilines is 2. The van der Waals surface area contributed by atoms with Crippen molar-refractivity contribution in [3.63, 3.8) is 0 Å². The second-order valence-electron chi connectivity index (χ2n) is 6.52. The number of amides is 1. The second-order valence-corrected chi connectivity index (χ2v) is 10.4. The van der Waals surface area contributed by atoms with Crippen LogP contribution < -0.4 is 10.0 Å². The summed E-state index contributed by atoms with van der Waals surface area (Å²) in [5, 5.41) is 2.64. The Labute approximate surface area is 172 Å². The number of nitrogens with zero attached hydrogens (tertiary/aromatic N) is 1. The van der Waals surface area contributed by atoms with E-state index in [9.17, 15) is 21.6 Å². The molecule has 0 atom stereocenters. The first-order valence-corrected chi connectivity index (χ1v) is 12.1. The maximum atomic E-state index is 12.5. The highest BCUT2D eigenvalue weighted by Gasteiger charge is 2.23. The standard InChI is InChI=1S/C19H25N3O5S2/c1-4-13-28(24,25)21-18-12-8-11-17(15(18)2)20-19(23)14-22(3)29(26,27)16-9-6-5-7-10-16/h5-12,21H,4,13-14H2,1-3H3,(H,20,23). The average Bonchev–Trinajstić information content (AvgIpc) is 2.65. The van der Waals surface area contributed by atoms with Crippen LogP contribution in [0, 0.1) is 6.92 Å². The van der Waals surface area contributed by atoms with Crippen LogP contribution in [0.4, 0.5) is 11.4 Å². The van der Waals surface area contributed by atoms with Crippen LogP contribution in [0.15, 0.2) is 53.4 Å². The molecule has 0 heterocycles. The minimum absolute atomic E-state index is 0.00876. The Morgan fingerprint density at radius 2 is 1.59 bits per heavy atom. The molecule has 2 rings (SSSR count). The van der Waals surface area contributed by atoms with Gasteiger partial charge in [-0.25, -0.2) is 16.8 Å². The molecule has 1 amide bonds. The first-order valence-electron chi connectivity index (χ1n) is 8.98. The zero-order valence-electron chi connectivity index (χ0n) is 16.5. The predicted octanol–water partition coefficient (Wildman–Crippen LogP) is 2.41. The molecular formula is C19H25N3O5S2. The number of likely N-dealkylation sites (N-methyl/N-ethyl adjacent to an activating group) is 1. The van der Waals surface area contributed by atoms with Gasteiger partial charge in [-0.15, -0.1) is 0 Å². The third kappa shape index (κ3) is 6.02. The van der Waals surface area contributed by atoms with Gasteiger partial charge in [-0.2, -0.15) is 4.31 Å². The molecule has 10 heteroatoms. The van der Waals surface area contributed by atoms with Gasteiger partial charge in [-0.3, -0.25) is 9.52 Å². The molecule has 29 heavy (non-hydrogen) atoms. The predicted molar refractivity (Wildman–Crippen MR) is 114 cm³/mol. The number of rotatable bonds is 9. The van der Waals surface area contributed by atoms with Crippen molar-refractivity contribution in [1.82, 2.24) is 4.31 Å². The number of sulfonamides is 2. The Kier molecular flexibility index (Phi) is 7.39. The fourth-order valence-electron chi connectivity index (χ4n) is 2.62. The number of nitrogens with one attached hydrogen (secondary N) is 2. The third-order valence-corrected chi connectivity index (χ3v) is 7.46. The molecule has 0 unspecified atom stereocenters. The molecule has 0 aliphatic carbocycles. The molecule has 0 aromatic heterocycles. The monoisotopic (exact) mass is 439 g/mol. The Hall–Kier alpha value is -2.43. The normalized spacial score (nSPS) is 12.0. The maximum Gasteiger partial charge on any atom is 0.243 e. The summed E-state index contributed by atoms with van der Waals surface area (Å²) in [6.07, 6.45) is 0.479. The molecule has 2 aromatic rings. The lowest BCUT2D eigenvalue weighted by molar-refractivity contribution is -0.116. The van der Waals surface area contributed by atoms with Crippen LogP contribution in [-0.4, -0.2) is 46.4 Å². The highest BCUT2D eigenvalue weighted by atomic mass is 32.2. The fraction of sp³-hybridized carbons (Fsp3) is 0.316. The molecule has 8 nitrogen and oxygen atoms in total. The molecule has 0 fully saturated rings. The van der Waals surface area contributed by atoms with E-state index < -0.39 is 26.0 Å². The maximum absolute atomic E-state index is 12.5. The molecular weight excluding hydrogens is 414 g/mol. The van der Waals surface area contributed by atoms with Gasteiger partial charge < -0.3 is 5.32 Å². The molecule has 0 aliphatic heterocycles. The fourth-order valence-corrected chi connectivity index (χ4v) is 4.96. The van der Waals surface area contributed by atoms with Crippen molar-refractivity contribution >= 4 is 37.3 Å². The minimum Gasteiger partial charge on any atom is -0.325 e. The molecule has 0 spiro atoms. The van der Waals surface area contributed by atoms with Gasteiger partial charge in [0.2, 0.25) is 26.0 Å². The van der Waals surface area contributed by atoms with E-state index in [-0.39, 0.29) is 17.2 Å². The van der Waals surface area contributed by atoms with E-state index in [1.54, 1.807) is 50.2 Å². The molecule has 2 aromatic carbocycles. The Balaban J connectivity index is 2.12. The Morgan fingerprint density at radius 3 is 2.21 bits per heavy atom. The number of hydrogen-bond donors (Lipinski definition) is 2. The number of hydrogen-bond acceptors (Lipinski definition) is 5. The SMILES string of the molecule is CCCS(=O)(=O)Nc1cccc(NC(=O)CN(C)S(=O)(=O)c2ccccc2)c1C. The smallest absolute Gasteiger partial charge is 0.243 e. The second kappa shape index (κ2) is 9.38. The topological polar surface area (TPSA) is 113 Å². The first-order chi connectivity index (χ1) is 13.6. The van der Waals surface area contributed by atoms with Gasteiger partial charge in [0.1, 0.15) is 0 Å². The third-order valence-electron chi connectivity index (χ3n) is 4.16. The van der Waals surface area contributed by atoms with E-state index in [0.29, 0.717) is 23.4 Å². The van der Waals surface area contributed by atoms with Crippen molar-refractivity contribution in [2.24, 2.45) is 0 Å². The van der Waals surface area contributed by atoms with Crippen LogP contribution in [0.5, 0.6) is 0 Å². The van der Waals surface area contributed by atoms with E-state index in [0.717, 1.165) is 4.31 Å². The summed E-state index contributed by atoms with van der Waals surface area (Å²) in [7, 11) is -5.94. The van der Waals surface area contributed by atoms with Gasteiger partial charge in [0, 0.05) is 12.7 Å². The average molecular weight is 440 g/mol. The summed E-state index contributed by atoms with van der Waals surface area (Å²) in [5.74, 6) is -0.547. The van der Waals surface area contributed by atoms with Crippen molar-refractivity contribution in [2.45, 2.75) is 25.2 Å². The molecule has 0 saturated heterocycles. The highest BCUT2D eigenvalue weighted by Crippen LogP contribution is 2.24. The van der Waals surface area contributed by atoms with Crippen LogP contribution in [0.25, 0.3) is 0 Å². The van der Waals surface area contributed by atoms with E-state index in [1.165, 1.54) is 19.2 Å². The van der Waals surface area contributed by atoms with Gasteiger partial charge in [-0.05, 0) is 43.2 Å². The minimum atomic E-state index is -3.79. The van der Waals surface area contributed by atoms with E-state index in [1.807, 2.05) is 0 Å². The van der Waals surface area contributed by atoms with E-state index in [2.05, 4.69) is 10.0 Å². The van der Waals surface area contributed by atoms with Crippen molar-refractivity contribution in [3.8, 4) is 0 Å². The van der Waals surface area contributed by atoms with E-state index in [4.69, 9.17) is 0 Å². The summed E-state index contributed by atoms with van der Waals surface area (Å²) in [5.41, 5.74) is 1.30. The summed E-state index contributed by atoms with van der Waals surface area (Å²) >= 11 is 0. The van der Waals surface area contributed by atoms with Gasteiger partial charge >= 0.3 is 0 Å². The summed E-state index contributed by atoms with van der Waals surface area (Å²) in [6.45, 7) is 3.05. The highest BCUT2D eigenvalue weighted by molar-refractivity contribution is 7.92. The molecule has 2 N–H and O–H groups in total. The van der Waals surface area contributed by atoms with Gasteiger partial charge in [0.05, 0.1) is 22.9 Å². The molecule has 158 valence electrons. The van der Waals surface area contributed by atoms with Crippen LogP contribution in [0.1, 0.15) is 18.9 Å². The Morgan fingerprint density at radius 1 is 0.966 bits per heavy atom. The molecule has 0 bridgehead atoms. The summed E-state index contributed by atoms with van der Waals surface area (Å²) in [4.78, 5) is 12.5. The number of carbonyl (C=O) groups is 1. The summed E-state index contributed by atoms with van der Waals surface area (Å²) < 4.78 is 52.5. The lowest BCUT2D eigenvalue weighted by Crippen LogP contribution is -2.35. The van der Waals surface area contributed by atoms with Crippen LogP contribution in [0.3, 0.4) is 0 Å². The largest absolute Gasteiger partial charge is 0.325 e. The summed E-state index contributed by atoms with van der Waals surface area (Å²) in [6, 6.07) is 12.7. The zero-order chi connectivity index (χ0) is 21.7. The molecule has 0 radical (unpaired) electrons. The van der Waals surface area contributed by atoms with Crippen LogP contribution in [-0.2, 0) is 24.8 Å². The van der Waals surface area contributed by atoms with E-state index >= 15 is 0 Å². The number of benzene rings is 2. The Bertz CT molecular complexity index is 1070. The van der Waals surface area contributed by atoms with Gasteiger partial charge in [0.15, 0.2) is 0 Å². The molecule has 0 aliphatic rings. The van der Waals surface area contributed by atoms with Gasteiger partial charge in [-0.1, -0.05) is 31.2 Å². The van der Waals surface area contributed by atoms with Crippen LogP contribution >= 0.6 is 0 Å². The zero-order valence-corrected chi connectivity index (χ0v) is 18.2.